The van der Waals surface area contributed by atoms with Crippen LogP contribution in [0.4, 0.5) is 5.69 Å². The summed E-state index contributed by atoms with van der Waals surface area (Å²) < 4.78 is 0. The molecule has 1 aromatic heterocycles. The summed E-state index contributed by atoms with van der Waals surface area (Å²) in [5, 5.41) is 9.16. The molecule has 1 aliphatic rings. The highest BCUT2D eigenvalue weighted by Gasteiger charge is 2.30. The number of carboxylic acids is 1. The van der Waals surface area contributed by atoms with Gasteiger partial charge in [-0.1, -0.05) is 12.1 Å². The molecule has 1 heterocycles. The number of aromatic carboxylic acids is 1. The third kappa shape index (κ3) is 2.05. The smallest absolute Gasteiger partial charge is 0.337 e. The van der Waals surface area contributed by atoms with Crippen molar-refractivity contribution in [3.63, 3.8) is 0 Å². The van der Waals surface area contributed by atoms with Gasteiger partial charge in [-0.05, 0) is 42.5 Å². The predicted molar refractivity (Wildman–Crippen MR) is 73.0 cm³/mol. The Morgan fingerprint density at radius 2 is 2.05 bits per heavy atom. The molecule has 0 bridgehead atoms. The molecular weight excluding hydrogens is 240 g/mol. The number of pyridine rings is 1. The molecule has 2 aromatic rings. The summed E-state index contributed by atoms with van der Waals surface area (Å²) in [6.07, 6.45) is 3.85. The molecule has 96 valence electrons. The average Bonchev–Trinajstić information content (AvgIpc) is 3.23. The van der Waals surface area contributed by atoms with Crippen molar-refractivity contribution in [1.29, 1.82) is 0 Å². The zero-order chi connectivity index (χ0) is 13.4. The van der Waals surface area contributed by atoms with Gasteiger partial charge in [0.1, 0.15) is 0 Å². The lowest BCUT2D eigenvalue weighted by Crippen LogP contribution is -2.06. The number of carbonyl (C=O) groups is 1. The fourth-order valence-corrected chi connectivity index (χ4v) is 2.38. The van der Waals surface area contributed by atoms with E-state index in [1.807, 2.05) is 24.3 Å². The monoisotopic (exact) mass is 254 g/mol. The summed E-state index contributed by atoms with van der Waals surface area (Å²) >= 11 is 0. The summed E-state index contributed by atoms with van der Waals surface area (Å²) in [6.45, 7) is 0. The van der Waals surface area contributed by atoms with E-state index < -0.39 is 5.97 Å². The molecule has 0 amide bonds. The molecule has 1 fully saturated rings. The van der Waals surface area contributed by atoms with Crippen LogP contribution in [0.1, 0.15) is 34.7 Å². The molecule has 0 saturated heterocycles. The molecule has 0 unspecified atom stereocenters. The van der Waals surface area contributed by atoms with Crippen LogP contribution in [0.15, 0.2) is 36.5 Å². The minimum atomic E-state index is -0.980. The number of nitrogen functional groups attached to an aromatic ring is 1. The van der Waals surface area contributed by atoms with Gasteiger partial charge < -0.3 is 10.8 Å². The number of hydrogen-bond donors (Lipinski definition) is 2. The molecule has 1 aliphatic carbocycles. The Bertz CT molecular complexity index is 634. The number of aromatic nitrogens is 1. The van der Waals surface area contributed by atoms with E-state index in [0.717, 1.165) is 29.7 Å². The maximum atomic E-state index is 11.2. The van der Waals surface area contributed by atoms with Gasteiger partial charge in [-0.25, -0.2) is 4.79 Å². The minimum absolute atomic E-state index is 0.182. The number of anilines is 1. The van der Waals surface area contributed by atoms with Crippen LogP contribution in [0.5, 0.6) is 0 Å². The van der Waals surface area contributed by atoms with Crippen molar-refractivity contribution in [2.75, 3.05) is 5.73 Å². The van der Waals surface area contributed by atoms with Crippen LogP contribution >= 0.6 is 0 Å². The van der Waals surface area contributed by atoms with Crippen molar-refractivity contribution in [1.82, 2.24) is 4.98 Å². The first-order valence-corrected chi connectivity index (χ1v) is 6.25. The second kappa shape index (κ2) is 4.39. The van der Waals surface area contributed by atoms with Crippen molar-refractivity contribution in [2.45, 2.75) is 18.8 Å². The molecule has 1 aromatic carbocycles. The molecule has 3 rings (SSSR count). The van der Waals surface area contributed by atoms with Crippen LogP contribution in [0, 0.1) is 0 Å². The molecule has 4 nitrogen and oxygen atoms in total. The number of benzene rings is 1. The van der Waals surface area contributed by atoms with Crippen LogP contribution in [0.2, 0.25) is 0 Å². The van der Waals surface area contributed by atoms with Crippen molar-refractivity contribution < 1.29 is 9.90 Å². The maximum absolute atomic E-state index is 11.2. The average molecular weight is 254 g/mol. The topological polar surface area (TPSA) is 76.2 Å². The molecular formula is C15H14N2O2. The molecule has 19 heavy (non-hydrogen) atoms. The Balaban J connectivity index is 2.20. The fourth-order valence-electron chi connectivity index (χ4n) is 2.38. The van der Waals surface area contributed by atoms with Gasteiger partial charge in [-0.15, -0.1) is 0 Å². The third-order valence-corrected chi connectivity index (χ3v) is 3.44. The molecule has 0 radical (unpaired) electrons. The Hall–Kier alpha value is -2.36. The third-order valence-electron chi connectivity index (χ3n) is 3.44. The normalized spacial score (nSPS) is 14.3. The van der Waals surface area contributed by atoms with Gasteiger partial charge in [0.05, 0.1) is 16.9 Å². The zero-order valence-electron chi connectivity index (χ0n) is 10.3. The molecule has 0 atom stereocenters. The Kier molecular flexibility index (Phi) is 2.71. The first-order chi connectivity index (χ1) is 9.18. The van der Waals surface area contributed by atoms with E-state index in [-0.39, 0.29) is 5.56 Å². The van der Waals surface area contributed by atoms with Crippen molar-refractivity contribution in [2.24, 2.45) is 0 Å². The number of nitrogens with two attached hydrogens (primary N) is 1. The Labute approximate surface area is 110 Å². The van der Waals surface area contributed by atoms with Gasteiger partial charge in [-0.2, -0.15) is 0 Å². The molecule has 0 aliphatic heterocycles. The Morgan fingerprint density at radius 1 is 1.26 bits per heavy atom. The van der Waals surface area contributed by atoms with Crippen LogP contribution in [0.25, 0.3) is 11.3 Å². The zero-order valence-corrected chi connectivity index (χ0v) is 10.3. The van der Waals surface area contributed by atoms with E-state index in [9.17, 15) is 4.79 Å². The second-order valence-corrected chi connectivity index (χ2v) is 4.78. The molecule has 1 saturated carbocycles. The maximum Gasteiger partial charge on any atom is 0.337 e. The van der Waals surface area contributed by atoms with Gasteiger partial charge in [0.15, 0.2) is 0 Å². The van der Waals surface area contributed by atoms with Gasteiger partial charge in [0.25, 0.3) is 0 Å². The summed E-state index contributed by atoms with van der Waals surface area (Å²) in [6, 6.07) is 9.07. The summed E-state index contributed by atoms with van der Waals surface area (Å²) in [4.78, 5) is 15.5. The number of carboxylic acid groups (broad SMARTS) is 1. The minimum Gasteiger partial charge on any atom is -0.478 e. The first-order valence-electron chi connectivity index (χ1n) is 6.25. The Morgan fingerprint density at radius 3 is 2.63 bits per heavy atom. The number of nitrogens with zero attached hydrogens (tertiary/aromatic N) is 1. The highest BCUT2D eigenvalue weighted by atomic mass is 16.4. The number of hydrogen-bond acceptors (Lipinski definition) is 3. The van der Waals surface area contributed by atoms with E-state index >= 15 is 0 Å². The predicted octanol–water partition coefficient (Wildman–Crippen LogP) is 2.91. The summed E-state index contributed by atoms with van der Waals surface area (Å²) in [5.74, 6) is -0.608. The van der Waals surface area contributed by atoms with Crippen LogP contribution < -0.4 is 5.73 Å². The largest absolute Gasteiger partial charge is 0.478 e. The summed E-state index contributed by atoms with van der Waals surface area (Å²) in [5.41, 5.74) is 9.36. The van der Waals surface area contributed by atoms with Gasteiger partial charge >= 0.3 is 5.97 Å². The van der Waals surface area contributed by atoms with Gasteiger partial charge in [0.2, 0.25) is 0 Å². The van der Waals surface area contributed by atoms with Crippen molar-refractivity contribution in [3.05, 3.63) is 47.7 Å². The van der Waals surface area contributed by atoms with E-state index in [2.05, 4.69) is 4.98 Å². The number of rotatable bonds is 3. The van der Waals surface area contributed by atoms with Crippen molar-refractivity contribution in [3.8, 4) is 11.3 Å². The molecule has 4 heteroatoms. The van der Waals surface area contributed by atoms with E-state index in [4.69, 9.17) is 10.8 Å². The van der Waals surface area contributed by atoms with Gasteiger partial charge in [0, 0.05) is 11.8 Å². The van der Waals surface area contributed by atoms with E-state index in [1.165, 1.54) is 0 Å². The SMILES string of the molecule is Nc1c(C(=O)O)ccc(-c2ccccn2)c1C1CC1. The second-order valence-electron chi connectivity index (χ2n) is 4.78. The summed E-state index contributed by atoms with van der Waals surface area (Å²) in [7, 11) is 0. The van der Waals surface area contributed by atoms with Gasteiger partial charge in [-0.3, -0.25) is 4.98 Å². The lowest BCUT2D eigenvalue weighted by molar-refractivity contribution is 0.0698. The van der Waals surface area contributed by atoms with E-state index in [1.54, 1.807) is 12.3 Å². The van der Waals surface area contributed by atoms with Crippen molar-refractivity contribution >= 4 is 11.7 Å². The molecule has 0 spiro atoms. The molecule has 3 N–H and O–H groups in total. The fraction of sp³-hybridized carbons (Fsp3) is 0.200. The lowest BCUT2D eigenvalue weighted by Gasteiger charge is -2.13. The van der Waals surface area contributed by atoms with Crippen LogP contribution in [-0.2, 0) is 0 Å². The van der Waals surface area contributed by atoms with E-state index in [0.29, 0.717) is 11.6 Å². The quantitative estimate of drug-likeness (QED) is 0.826. The lowest BCUT2D eigenvalue weighted by atomic mass is 9.95. The highest BCUT2D eigenvalue weighted by Crippen LogP contribution is 2.47. The highest BCUT2D eigenvalue weighted by molar-refractivity contribution is 5.96. The van der Waals surface area contributed by atoms with Crippen LogP contribution in [0.3, 0.4) is 0 Å². The van der Waals surface area contributed by atoms with Crippen LogP contribution in [-0.4, -0.2) is 16.1 Å². The standard InChI is InChI=1S/C15H14N2O2/c16-14-11(15(18)19)7-6-10(13(14)9-4-5-9)12-3-1-2-8-17-12/h1-3,6-9H,4-5,16H2,(H,18,19). The first kappa shape index (κ1) is 11.7.